The standard InChI is InChI=1S/C21H41N3O2/c1-18(2)20(25)11-9-7-5-6-8-10-12-23-13-15-24(16-14-23)21(26)17-22-19(3)4/h18-19,22H,5-17H2,1-4H3. The fourth-order valence-corrected chi connectivity index (χ4v) is 3.25. The van der Waals surface area contributed by atoms with E-state index < -0.39 is 0 Å². The number of nitrogens with one attached hydrogen (secondary N) is 1. The van der Waals surface area contributed by atoms with Crippen LogP contribution in [0.3, 0.4) is 0 Å². The molecule has 152 valence electrons. The van der Waals surface area contributed by atoms with Crippen LogP contribution < -0.4 is 5.32 Å². The maximum absolute atomic E-state index is 12.1. The van der Waals surface area contributed by atoms with E-state index in [4.69, 9.17) is 0 Å². The maximum atomic E-state index is 12.1. The molecule has 0 aliphatic carbocycles. The predicted octanol–water partition coefficient (Wildman–Crippen LogP) is 3.08. The fraction of sp³-hybridized carbons (Fsp3) is 0.905. The molecule has 0 bridgehead atoms. The minimum absolute atomic E-state index is 0.192. The minimum atomic E-state index is 0.192. The third-order valence-corrected chi connectivity index (χ3v) is 5.18. The lowest BCUT2D eigenvalue weighted by molar-refractivity contribution is -0.132. The lowest BCUT2D eigenvalue weighted by Gasteiger charge is -2.35. The van der Waals surface area contributed by atoms with E-state index in [0.29, 0.717) is 18.4 Å². The average Bonchev–Trinajstić information content (AvgIpc) is 2.62. The highest BCUT2D eigenvalue weighted by Crippen LogP contribution is 2.11. The summed E-state index contributed by atoms with van der Waals surface area (Å²) in [6.07, 6.45) is 8.03. The molecular weight excluding hydrogens is 326 g/mol. The van der Waals surface area contributed by atoms with Crippen LogP contribution in [0.5, 0.6) is 0 Å². The van der Waals surface area contributed by atoms with Crippen molar-refractivity contribution in [2.24, 2.45) is 5.92 Å². The van der Waals surface area contributed by atoms with Gasteiger partial charge in [-0.25, -0.2) is 0 Å². The monoisotopic (exact) mass is 367 g/mol. The molecule has 1 aliphatic rings. The maximum Gasteiger partial charge on any atom is 0.236 e. The van der Waals surface area contributed by atoms with Crippen molar-refractivity contribution >= 4 is 11.7 Å². The normalized spacial score (nSPS) is 15.8. The van der Waals surface area contributed by atoms with E-state index in [1.54, 1.807) is 0 Å². The number of carbonyl (C=O) groups is 2. The zero-order chi connectivity index (χ0) is 19.4. The van der Waals surface area contributed by atoms with Crippen molar-refractivity contribution in [2.75, 3.05) is 39.3 Å². The molecule has 1 heterocycles. The highest BCUT2D eigenvalue weighted by molar-refractivity contribution is 5.80. The van der Waals surface area contributed by atoms with Gasteiger partial charge in [0, 0.05) is 44.6 Å². The summed E-state index contributed by atoms with van der Waals surface area (Å²) < 4.78 is 0. The van der Waals surface area contributed by atoms with Gasteiger partial charge < -0.3 is 10.2 Å². The van der Waals surface area contributed by atoms with Crippen LogP contribution in [0.1, 0.15) is 72.6 Å². The number of nitrogens with zero attached hydrogens (tertiary/aromatic N) is 2. The Balaban J connectivity index is 1.97. The molecule has 1 fully saturated rings. The van der Waals surface area contributed by atoms with E-state index in [1.165, 1.54) is 32.1 Å². The zero-order valence-corrected chi connectivity index (χ0v) is 17.6. The van der Waals surface area contributed by atoms with E-state index in [9.17, 15) is 9.59 Å². The van der Waals surface area contributed by atoms with Crippen molar-refractivity contribution in [2.45, 2.75) is 78.7 Å². The van der Waals surface area contributed by atoms with Crippen LogP contribution in [0.25, 0.3) is 0 Å². The highest BCUT2D eigenvalue weighted by Gasteiger charge is 2.20. The van der Waals surface area contributed by atoms with Crippen molar-refractivity contribution in [1.82, 2.24) is 15.1 Å². The molecule has 0 saturated carbocycles. The topological polar surface area (TPSA) is 52.7 Å². The van der Waals surface area contributed by atoms with E-state index in [0.717, 1.165) is 45.6 Å². The van der Waals surface area contributed by atoms with E-state index in [1.807, 2.05) is 18.7 Å². The van der Waals surface area contributed by atoms with Gasteiger partial charge in [0.25, 0.3) is 0 Å². The predicted molar refractivity (Wildman–Crippen MR) is 108 cm³/mol. The van der Waals surface area contributed by atoms with Crippen molar-refractivity contribution in [3.8, 4) is 0 Å². The quantitative estimate of drug-likeness (QED) is 0.508. The van der Waals surface area contributed by atoms with E-state index in [2.05, 4.69) is 24.1 Å². The Bertz CT molecular complexity index is 402. The summed E-state index contributed by atoms with van der Waals surface area (Å²) in [5, 5.41) is 3.20. The Hall–Kier alpha value is -0.940. The fourth-order valence-electron chi connectivity index (χ4n) is 3.25. The first-order valence-electron chi connectivity index (χ1n) is 10.7. The Morgan fingerprint density at radius 1 is 0.846 bits per heavy atom. The van der Waals surface area contributed by atoms with Crippen molar-refractivity contribution in [3.63, 3.8) is 0 Å². The second-order valence-electron chi connectivity index (χ2n) is 8.25. The molecule has 5 nitrogen and oxygen atoms in total. The SMILES string of the molecule is CC(C)NCC(=O)N1CCN(CCCCCCCCC(=O)C(C)C)CC1. The largest absolute Gasteiger partial charge is 0.339 e. The van der Waals surface area contributed by atoms with E-state index in [-0.39, 0.29) is 11.8 Å². The van der Waals surface area contributed by atoms with Gasteiger partial charge in [0.05, 0.1) is 6.54 Å². The summed E-state index contributed by atoms with van der Waals surface area (Å²) in [7, 11) is 0. The molecule has 0 spiro atoms. The first-order chi connectivity index (χ1) is 12.4. The summed E-state index contributed by atoms with van der Waals surface area (Å²) in [5.41, 5.74) is 0. The summed E-state index contributed by atoms with van der Waals surface area (Å²) >= 11 is 0. The van der Waals surface area contributed by atoms with E-state index >= 15 is 0 Å². The third-order valence-electron chi connectivity index (χ3n) is 5.18. The molecule has 5 heteroatoms. The molecule has 0 radical (unpaired) electrons. The van der Waals surface area contributed by atoms with Crippen LogP contribution in [0.2, 0.25) is 0 Å². The number of piperazine rings is 1. The Morgan fingerprint density at radius 2 is 1.42 bits per heavy atom. The number of Topliss-reactive ketones (excluding diaryl/α,β-unsaturated/α-hetero) is 1. The number of hydrogen-bond donors (Lipinski definition) is 1. The van der Waals surface area contributed by atoms with Crippen LogP contribution in [-0.4, -0.2) is 66.8 Å². The molecule has 0 aromatic rings. The van der Waals surface area contributed by atoms with Crippen molar-refractivity contribution in [1.29, 1.82) is 0 Å². The van der Waals surface area contributed by atoms with Gasteiger partial charge in [-0.05, 0) is 19.4 Å². The van der Waals surface area contributed by atoms with Crippen LogP contribution in [0, 0.1) is 5.92 Å². The number of amides is 1. The minimum Gasteiger partial charge on any atom is -0.339 e. The molecule has 1 saturated heterocycles. The molecule has 1 rings (SSSR count). The number of carbonyl (C=O) groups excluding carboxylic acids is 2. The first-order valence-corrected chi connectivity index (χ1v) is 10.7. The Labute approximate surface area is 160 Å². The molecule has 0 aromatic heterocycles. The van der Waals surface area contributed by atoms with Crippen LogP contribution in [0.4, 0.5) is 0 Å². The number of ketones is 1. The molecule has 0 unspecified atom stereocenters. The second kappa shape index (κ2) is 13.3. The molecule has 0 aromatic carbocycles. The van der Waals surface area contributed by atoms with Crippen LogP contribution in [0.15, 0.2) is 0 Å². The number of unbranched alkanes of at least 4 members (excludes halogenated alkanes) is 5. The average molecular weight is 368 g/mol. The molecule has 1 N–H and O–H groups in total. The van der Waals surface area contributed by atoms with Crippen LogP contribution in [-0.2, 0) is 9.59 Å². The van der Waals surface area contributed by atoms with Gasteiger partial charge in [-0.2, -0.15) is 0 Å². The van der Waals surface area contributed by atoms with Gasteiger partial charge in [-0.1, -0.05) is 53.4 Å². The van der Waals surface area contributed by atoms with Crippen molar-refractivity contribution < 1.29 is 9.59 Å². The van der Waals surface area contributed by atoms with Gasteiger partial charge >= 0.3 is 0 Å². The number of hydrogen-bond acceptors (Lipinski definition) is 4. The van der Waals surface area contributed by atoms with Crippen molar-refractivity contribution in [3.05, 3.63) is 0 Å². The first kappa shape index (κ1) is 23.1. The van der Waals surface area contributed by atoms with Gasteiger partial charge in [0.1, 0.15) is 5.78 Å². The summed E-state index contributed by atoms with van der Waals surface area (Å²) in [6.45, 7) is 13.5. The zero-order valence-electron chi connectivity index (χ0n) is 17.6. The molecule has 0 atom stereocenters. The smallest absolute Gasteiger partial charge is 0.236 e. The molecule has 26 heavy (non-hydrogen) atoms. The van der Waals surface area contributed by atoms with Gasteiger partial charge in [0.2, 0.25) is 5.91 Å². The number of rotatable bonds is 13. The second-order valence-corrected chi connectivity index (χ2v) is 8.25. The summed E-state index contributed by atoms with van der Waals surface area (Å²) in [4.78, 5) is 28.1. The van der Waals surface area contributed by atoms with Gasteiger partial charge in [-0.3, -0.25) is 14.5 Å². The van der Waals surface area contributed by atoms with Gasteiger partial charge in [-0.15, -0.1) is 0 Å². The third kappa shape index (κ3) is 10.3. The summed E-state index contributed by atoms with van der Waals surface area (Å²) in [6, 6.07) is 0.357. The Morgan fingerprint density at radius 3 is 2.00 bits per heavy atom. The lowest BCUT2D eigenvalue weighted by Crippen LogP contribution is -2.51. The molecular formula is C21H41N3O2. The lowest BCUT2D eigenvalue weighted by atomic mass is 10.0. The molecule has 1 aliphatic heterocycles. The Kier molecular flexibility index (Phi) is 11.8. The highest BCUT2D eigenvalue weighted by atomic mass is 16.2. The van der Waals surface area contributed by atoms with Gasteiger partial charge in [0.15, 0.2) is 0 Å². The molecule has 1 amide bonds. The van der Waals surface area contributed by atoms with Crippen LogP contribution >= 0.6 is 0 Å². The summed E-state index contributed by atoms with van der Waals surface area (Å²) in [5.74, 6) is 0.828.